The van der Waals surface area contributed by atoms with Crippen LogP contribution in [-0.2, 0) is 60.8 Å². The van der Waals surface area contributed by atoms with Crippen molar-refractivity contribution in [3.8, 4) is 0 Å². The van der Waals surface area contributed by atoms with Gasteiger partial charge in [-0.1, -0.05) is 62.4 Å². The molecule has 8 atom stereocenters. The fourth-order valence-electron chi connectivity index (χ4n) is 8.36. The molecule has 0 aliphatic carbocycles. The van der Waals surface area contributed by atoms with Gasteiger partial charge in [0.05, 0.1) is 19.8 Å². The number of aromatic nitrogens is 1. The number of aliphatic carboxylic acids is 2. The van der Waals surface area contributed by atoms with Crippen LogP contribution in [0.15, 0.2) is 65.8 Å². The number of nitrogens with zero attached hydrogens (tertiary/aromatic N) is 2. The van der Waals surface area contributed by atoms with E-state index in [0.717, 1.165) is 10.4 Å². The van der Waals surface area contributed by atoms with Crippen LogP contribution in [-0.4, -0.2) is 177 Å². The van der Waals surface area contributed by atoms with Gasteiger partial charge < -0.3 is 84.7 Å². The van der Waals surface area contributed by atoms with E-state index >= 15 is 0 Å². The van der Waals surface area contributed by atoms with Crippen molar-refractivity contribution in [1.82, 2.24) is 47.1 Å². The highest BCUT2D eigenvalue weighted by Gasteiger charge is 2.40. The molecule has 18 N–H and O–H groups in total. The molecule has 2 aromatic carbocycles. The Morgan fingerprint density at radius 3 is 1.92 bits per heavy atom. The van der Waals surface area contributed by atoms with Crippen LogP contribution in [0, 0.1) is 5.92 Å². The summed E-state index contributed by atoms with van der Waals surface area (Å²) in [4.78, 5) is 141. The van der Waals surface area contributed by atoms with E-state index in [9.17, 15) is 68.4 Å². The van der Waals surface area contributed by atoms with Crippen LogP contribution in [0.4, 0.5) is 0 Å². The number of aliphatic hydroxyl groups is 2. The molecule has 1 aromatic heterocycles. The largest absolute Gasteiger partial charge is 0.481 e. The zero-order chi connectivity index (χ0) is 56.1. The van der Waals surface area contributed by atoms with Crippen molar-refractivity contribution in [3.63, 3.8) is 0 Å². The molecule has 0 saturated carbocycles. The first kappa shape index (κ1) is 60.4. The fourth-order valence-corrected chi connectivity index (χ4v) is 8.36. The van der Waals surface area contributed by atoms with Crippen LogP contribution in [0.1, 0.15) is 63.5 Å². The van der Waals surface area contributed by atoms with Crippen molar-refractivity contribution in [3.05, 3.63) is 71.9 Å². The maximum Gasteiger partial charge on any atom is 0.326 e. The topological polar surface area (TPSA) is 445 Å². The number of guanidine groups is 1. The molecule has 4 rings (SSSR count). The summed E-state index contributed by atoms with van der Waals surface area (Å²) in [7, 11) is 0. The lowest BCUT2D eigenvalue weighted by Crippen LogP contribution is -2.61. The lowest BCUT2D eigenvalue weighted by atomic mass is 10.0. The molecular weight excluding hydrogens is 995 g/mol. The van der Waals surface area contributed by atoms with Crippen LogP contribution < -0.4 is 54.4 Å². The number of rotatable bonds is 30. The minimum Gasteiger partial charge on any atom is -0.481 e. The average molecular weight is 1060 g/mol. The van der Waals surface area contributed by atoms with Crippen molar-refractivity contribution in [1.29, 1.82) is 0 Å². The lowest BCUT2D eigenvalue weighted by molar-refractivity contribution is -0.143. The van der Waals surface area contributed by atoms with Gasteiger partial charge in [0.1, 0.15) is 48.3 Å². The number of aromatic amines is 1. The number of carboxylic acid groups (broad SMARTS) is 2. The monoisotopic (exact) mass is 1060 g/mol. The molecule has 1 aliphatic heterocycles. The lowest BCUT2D eigenvalue weighted by Gasteiger charge is -2.31. The summed E-state index contributed by atoms with van der Waals surface area (Å²) in [5.74, 6) is -10.9. The number of H-pyrrole nitrogens is 1. The highest BCUT2D eigenvalue weighted by Crippen LogP contribution is 2.21. The summed E-state index contributed by atoms with van der Waals surface area (Å²) in [6, 6.07) is 3.91. The molecule has 2 heterocycles. The van der Waals surface area contributed by atoms with Gasteiger partial charge in [0.15, 0.2) is 5.96 Å². The molecule has 8 amide bonds. The Morgan fingerprint density at radius 2 is 1.29 bits per heavy atom. The van der Waals surface area contributed by atoms with Gasteiger partial charge in [-0.15, -0.1) is 0 Å². The first-order valence-electron chi connectivity index (χ1n) is 24.6. The van der Waals surface area contributed by atoms with Gasteiger partial charge >= 0.3 is 11.9 Å². The van der Waals surface area contributed by atoms with E-state index in [4.69, 9.17) is 17.2 Å². The number of carboxylic acids is 2. The number of para-hydroxylation sites is 1. The molecule has 3 aromatic rings. The zero-order valence-corrected chi connectivity index (χ0v) is 42.2. The second kappa shape index (κ2) is 29.7. The Bertz CT molecular complexity index is 2550. The third kappa shape index (κ3) is 18.0. The predicted molar refractivity (Wildman–Crippen MR) is 273 cm³/mol. The van der Waals surface area contributed by atoms with Crippen LogP contribution in [0.3, 0.4) is 0 Å². The number of aliphatic hydroxyl groups excluding tert-OH is 2. The van der Waals surface area contributed by atoms with Crippen molar-refractivity contribution < 1.29 is 68.4 Å². The first-order valence-corrected chi connectivity index (χ1v) is 24.6. The average Bonchev–Trinajstić information content (AvgIpc) is 4.06. The number of hydrogen-bond acceptors (Lipinski definition) is 14. The Morgan fingerprint density at radius 1 is 0.697 bits per heavy atom. The van der Waals surface area contributed by atoms with Crippen molar-refractivity contribution in [2.24, 2.45) is 28.1 Å². The number of hydrogen-bond donors (Lipinski definition) is 15. The molecule has 27 heteroatoms. The van der Waals surface area contributed by atoms with Crippen LogP contribution in [0.2, 0.25) is 0 Å². The highest BCUT2D eigenvalue weighted by atomic mass is 16.4. The second-order valence-electron chi connectivity index (χ2n) is 18.4. The normalized spacial score (nSPS) is 15.9. The van der Waals surface area contributed by atoms with Gasteiger partial charge in [-0.2, -0.15) is 0 Å². The Hall–Kier alpha value is -8.17. The van der Waals surface area contributed by atoms with E-state index in [2.05, 4.69) is 47.2 Å². The fraction of sp³-hybridized carbons (Fsp3) is 0.490. The van der Waals surface area contributed by atoms with Gasteiger partial charge in [-0.25, -0.2) is 4.79 Å². The minimum atomic E-state index is -1.69. The molecule has 0 unspecified atom stereocenters. The first-order chi connectivity index (χ1) is 36.2. The molecule has 0 bridgehead atoms. The quantitative estimate of drug-likeness (QED) is 0.0172. The molecule has 0 radical (unpaired) electrons. The molecule has 1 saturated heterocycles. The SMILES string of the molecule is CC(C)[C@H](NC(=O)[C@H](CCCN=C(N)N)NC(=O)[C@@H]1CCCN1C(=O)[C@H](CO)NC(=O)[C@H](CO)NC(=O)[C@H](Cc1ccccc1)NC(=O)CN)C(=O)N[C@@H](CCC(=O)O)C(=O)N[C@@H](Cc1c[nH]c2ccccc12)C(=O)O. The van der Waals surface area contributed by atoms with Crippen molar-refractivity contribution in [2.75, 3.05) is 32.8 Å². The smallest absolute Gasteiger partial charge is 0.326 e. The number of aliphatic imine (C=N–C) groups is 1. The van der Waals surface area contributed by atoms with Gasteiger partial charge in [-0.05, 0) is 55.2 Å². The number of carbonyl (C=O) groups excluding carboxylic acids is 8. The summed E-state index contributed by atoms with van der Waals surface area (Å²) < 4.78 is 0. The second-order valence-corrected chi connectivity index (χ2v) is 18.4. The Labute approximate surface area is 436 Å². The molecule has 414 valence electrons. The summed E-state index contributed by atoms with van der Waals surface area (Å²) in [5.41, 5.74) is 18.3. The molecule has 27 nitrogen and oxygen atoms in total. The Balaban J connectivity index is 1.47. The Kier molecular flexibility index (Phi) is 23.6. The summed E-state index contributed by atoms with van der Waals surface area (Å²) in [6.45, 7) is 0.703. The molecule has 76 heavy (non-hydrogen) atoms. The molecular formula is C49H69N13O14. The zero-order valence-electron chi connectivity index (χ0n) is 42.2. The van der Waals surface area contributed by atoms with Crippen molar-refractivity contribution in [2.45, 2.75) is 114 Å². The predicted octanol–water partition coefficient (Wildman–Crippen LogP) is -4.06. The van der Waals surface area contributed by atoms with E-state index in [-0.39, 0.29) is 57.6 Å². The standard InChI is InChI=1S/C49H69N13O14/c1-26(2)40(46(73)57-32(16-17-39(66)67)41(68)58-34(48(75)76)21-28-23-54-30-13-7-6-12-29(28)30)61-42(69)31(14-8-18-53-49(51)52)56-45(72)37-15-9-19-62(37)47(74)36(25-64)60-44(71)35(24-63)59-43(70)33(55-38(65)22-50)20-27-10-4-3-5-11-27/h3-7,10-13,23,26,31-37,40,54,63-64H,8-9,14-22,24-25,50H2,1-2H3,(H,55,65)(H,56,72)(H,57,73)(H,58,68)(H,59,70)(H,60,71)(H,61,69)(H,66,67)(H,75,76)(H4,51,52,53)/t31-,32-,33-,34-,35-,36-,37-,40-/m0/s1. The highest BCUT2D eigenvalue weighted by molar-refractivity contribution is 5.98. The van der Waals surface area contributed by atoms with Crippen molar-refractivity contribution >= 4 is 76.1 Å². The molecule has 1 fully saturated rings. The number of likely N-dealkylation sites (tertiary alicyclic amines) is 1. The third-order valence-electron chi connectivity index (χ3n) is 12.4. The van der Waals surface area contributed by atoms with E-state index in [1.807, 2.05) is 0 Å². The maximum absolute atomic E-state index is 14.1. The van der Waals surface area contributed by atoms with Gasteiger partial charge in [-0.3, -0.25) is 48.1 Å². The van der Waals surface area contributed by atoms with E-state index < -0.39 is 146 Å². The third-order valence-corrected chi connectivity index (χ3v) is 12.4. The van der Waals surface area contributed by atoms with E-state index in [1.165, 1.54) is 0 Å². The van der Waals surface area contributed by atoms with Gasteiger partial charge in [0, 0.05) is 49.5 Å². The summed E-state index contributed by atoms with van der Waals surface area (Å²) in [6.07, 6.45) is 0.678. The van der Waals surface area contributed by atoms with Gasteiger partial charge in [0.2, 0.25) is 47.3 Å². The number of benzene rings is 2. The van der Waals surface area contributed by atoms with Crippen LogP contribution in [0.5, 0.6) is 0 Å². The number of carbonyl (C=O) groups is 10. The number of amides is 8. The summed E-state index contributed by atoms with van der Waals surface area (Å²) >= 11 is 0. The van der Waals surface area contributed by atoms with E-state index in [0.29, 0.717) is 16.5 Å². The summed E-state index contributed by atoms with van der Waals surface area (Å²) in [5, 5.41) is 57.9. The van der Waals surface area contributed by atoms with Crippen LogP contribution in [0.25, 0.3) is 10.9 Å². The van der Waals surface area contributed by atoms with Crippen LogP contribution >= 0.6 is 0 Å². The molecule has 0 spiro atoms. The maximum atomic E-state index is 14.1. The minimum absolute atomic E-state index is 0.00528. The number of fused-ring (bicyclic) bond motifs is 1. The van der Waals surface area contributed by atoms with Gasteiger partial charge in [0.25, 0.3) is 0 Å². The molecule has 1 aliphatic rings. The number of nitrogens with two attached hydrogens (primary N) is 3. The number of nitrogens with one attached hydrogen (secondary N) is 8. The van der Waals surface area contributed by atoms with E-state index in [1.54, 1.807) is 74.6 Å².